The predicted octanol–water partition coefficient (Wildman–Crippen LogP) is 5.21. The van der Waals surface area contributed by atoms with Crippen molar-refractivity contribution in [2.75, 3.05) is 0 Å². The van der Waals surface area contributed by atoms with Gasteiger partial charge in [0.05, 0.1) is 0 Å². The third-order valence-electron chi connectivity index (χ3n) is 3.04. The van der Waals surface area contributed by atoms with Gasteiger partial charge in [-0.25, -0.2) is 0 Å². The van der Waals surface area contributed by atoms with E-state index in [-0.39, 0.29) is 0 Å². The average Bonchev–Trinajstić information content (AvgIpc) is 2.59. The maximum Gasteiger partial charge on any atom is -0.0134 e. The topological polar surface area (TPSA) is 0 Å². The van der Waals surface area contributed by atoms with Crippen LogP contribution in [0.5, 0.6) is 0 Å². The van der Waals surface area contributed by atoms with E-state index in [1.165, 1.54) is 15.9 Å². The van der Waals surface area contributed by atoms with Crippen molar-refractivity contribution in [3.63, 3.8) is 0 Å². The zero-order valence-electron chi connectivity index (χ0n) is 11.7. The first-order valence-corrected chi connectivity index (χ1v) is 14.4. The molecule has 116 valence electrons. The zero-order valence-corrected chi connectivity index (χ0v) is 17.9. The van der Waals surface area contributed by atoms with Gasteiger partial charge >= 0.3 is 49.0 Å². The van der Waals surface area contributed by atoms with Crippen molar-refractivity contribution < 1.29 is 8.07 Å². The van der Waals surface area contributed by atoms with Crippen LogP contribution in [-0.2, 0) is 8.07 Å². The summed E-state index contributed by atoms with van der Waals surface area (Å²) < 4.78 is 0. The van der Waals surface area contributed by atoms with Gasteiger partial charge < -0.3 is 0 Å². The summed E-state index contributed by atoms with van der Waals surface area (Å²) in [5.41, 5.74) is 0. The second kappa shape index (κ2) is 10.7. The van der Waals surface area contributed by atoms with Crippen molar-refractivity contribution in [2.24, 2.45) is 0 Å². The van der Waals surface area contributed by atoms with Gasteiger partial charge in [0, 0.05) is 0 Å². The Kier molecular flexibility index (Phi) is 8.98. The fourth-order valence-electron chi connectivity index (χ4n) is 2.18. The minimum Gasteiger partial charge on any atom is -0.0622 e. The average molecular weight is 575 g/mol. The van der Waals surface area contributed by atoms with Crippen LogP contribution in [0.1, 0.15) is 0 Å². The van der Waals surface area contributed by atoms with E-state index in [2.05, 4.69) is 132 Å². The van der Waals surface area contributed by atoms with Gasteiger partial charge in [-0.3, -0.25) is 0 Å². The van der Waals surface area contributed by atoms with Crippen molar-refractivity contribution in [1.29, 1.82) is 0 Å². The quantitative estimate of drug-likeness (QED) is 0.229. The number of benzene rings is 3. The Morgan fingerprint density at radius 2 is 0.727 bits per heavy atom. The molecule has 0 aliphatic rings. The van der Waals surface area contributed by atoms with Gasteiger partial charge in [0.25, 0.3) is 0 Å². The molecule has 0 fully saturated rings. The largest absolute Gasteiger partial charge is 0.0622 e. The summed E-state index contributed by atoms with van der Waals surface area (Å²) in [6, 6.07) is 32.3. The molecule has 0 unspecified atom stereocenters. The molecule has 0 aromatic heterocycles. The maximum atomic E-state index is 2.23. The van der Waals surface area contributed by atoms with Gasteiger partial charge in [0.15, 0.2) is 0 Å². The van der Waals surface area contributed by atoms with E-state index in [0.717, 1.165) is 0 Å². The summed E-state index contributed by atoms with van der Waals surface area (Å²) in [7, 11) is 1.12. The molecule has 0 aliphatic heterocycles. The van der Waals surface area contributed by atoms with E-state index in [1.807, 2.05) is 0 Å². The summed E-state index contributed by atoms with van der Waals surface area (Å²) in [4.78, 5) is 0. The Morgan fingerprint density at radius 3 is 0.955 bits per heavy atom. The molecule has 0 amide bonds. The van der Waals surface area contributed by atoms with Gasteiger partial charge in [-0.2, -0.15) is 0 Å². The summed E-state index contributed by atoms with van der Waals surface area (Å²) in [5.74, 6) is 0. The van der Waals surface area contributed by atoms with E-state index in [0.29, 0.717) is 0 Å². The molecular weight excluding hydrogens is 560 g/mol. The van der Waals surface area contributed by atoms with Gasteiger partial charge in [0.2, 0.25) is 0 Å². The fourth-order valence-corrected chi connectivity index (χ4v) is 4.48. The Morgan fingerprint density at radius 1 is 0.500 bits per heavy atom. The SMILES string of the molecule is [I][Ni][I].c1ccc(P(c2ccccc2)c2ccccc2)cc1. The van der Waals surface area contributed by atoms with Gasteiger partial charge in [0.1, 0.15) is 0 Å². The zero-order chi connectivity index (χ0) is 15.6. The third-order valence-corrected chi connectivity index (χ3v) is 5.49. The van der Waals surface area contributed by atoms with E-state index < -0.39 is 7.92 Å². The molecule has 0 atom stereocenters. The first-order chi connectivity index (χ1) is 10.9. The van der Waals surface area contributed by atoms with Crippen molar-refractivity contribution in [1.82, 2.24) is 0 Å². The van der Waals surface area contributed by atoms with E-state index in [1.54, 1.807) is 8.07 Å². The smallest absolute Gasteiger partial charge is 0.0134 e. The van der Waals surface area contributed by atoms with Gasteiger partial charge in [-0.1, -0.05) is 91.0 Å². The van der Waals surface area contributed by atoms with E-state index >= 15 is 0 Å². The molecule has 4 heteroatoms. The molecule has 3 aromatic carbocycles. The molecule has 0 spiro atoms. The molecule has 0 N–H and O–H groups in total. The minimum atomic E-state index is -0.446. The first kappa shape index (κ1) is 18.4. The second-order valence-corrected chi connectivity index (χ2v) is 14.9. The van der Waals surface area contributed by atoms with E-state index in [9.17, 15) is 0 Å². The fraction of sp³-hybridized carbons (Fsp3) is 0. The Balaban J connectivity index is 0.000000545. The number of hydrogen-bond acceptors (Lipinski definition) is 0. The first-order valence-electron chi connectivity index (χ1n) is 6.64. The Hall–Kier alpha value is 0.0435. The molecule has 3 aromatic rings. The van der Waals surface area contributed by atoms with Crippen molar-refractivity contribution in [3.05, 3.63) is 91.0 Å². The van der Waals surface area contributed by atoms with Crippen LogP contribution in [0.25, 0.3) is 0 Å². The molecule has 0 bridgehead atoms. The second-order valence-electron chi connectivity index (χ2n) is 4.39. The Labute approximate surface area is 162 Å². The monoisotopic (exact) mass is 574 g/mol. The summed E-state index contributed by atoms with van der Waals surface area (Å²) in [5, 5.41) is 4.19. The van der Waals surface area contributed by atoms with Crippen LogP contribution in [0.4, 0.5) is 0 Å². The van der Waals surface area contributed by atoms with Gasteiger partial charge in [-0.15, -0.1) is 0 Å². The van der Waals surface area contributed by atoms with Crippen LogP contribution in [0.3, 0.4) is 0 Å². The summed E-state index contributed by atoms with van der Waals surface area (Å²) in [6.07, 6.45) is 0. The molecule has 0 nitrogen and oxygen atoms in total. The van der Waals surface area contributed by atoms with Crippen LogP contribution in [0.15, 0.2) is 91.0 Å². The molecule has 3 rings (SSSR count). The molecule has 0 saturated carbocycles. The molecule has 0 aliphatic carbocycles. The minimum absolute atomic E-state index is 0.446. The van der Waals surface area contributed by atoms with Gasteiger partial charge in [-0.05, 0) is 23.8 Å². The molecule has 0 saturated heterocycles. The summed E-state index contributed by atoms with van der Waals surface area (Å²) in [6.45, 7) is 0. The van der Waals surface area contributed by atoms with Crippen LogP contribution < -0.4 is 15.9 Å². The number of hydrogen-bond donors (Lipinski definition) is 0. The Bertz CT molecular complexity index is 554. The normalized spacial score (nSPS) is 10.1. The number of rotatable bonds is 3. The van der Waals surface area contributed by atoms with Crippen LogP contribution in [0.2, 0.25) is 0 Å². The molecule has 0 radical (unpaired) electrons. The standard InChI is InChI=1S/C18H15P.2HI.Ni/c1-4-10-16(11-5-1)19(17-12-6-2-7-13-17)18-14-8-3-9-15-18;;;/h1-15H;2*1H;/q;;;+2/p-2. The molecule has 22 heavy (non-hydrogen) atoms. The van der Waals surface area contributed by atoms with Crippen molar-refractivity contribution >= 4 is 64.8 Å². The van der Waals surface area contributed by atoms with Crippen molar-refractivity contribution in [3.8, 4) is 0 Å². The van der Waals surface area contributed by atoms with Crippen molar-refractivity contribution in [2.45, 2.75) is 0 Å². The third kappa shape index (κ3) is 5.60. The number of halogens is 2. The maximum absolute atomic E-state index is 2.23. The van der Waals surface area contributed by atoms with Crippen LogP contribution in [-0.4, -0.2) is 0 Å². The van der Waals surface area contributed by atoms with E-state index in [4.69, 9.17) is 0 Å². The van der Waals surface area contributed by atoms with Crippen LogP contribution >= 0.6 is 48.9 Å². The molecular formula is C18H15I2NiP. The predicted molar refractivity (Wildman–Crippen MR) is 113 cm³/mol. The van der Waals surface area contributed by atoms with Crippen LogP contribution in [0, 0.1) is 0 Å². The summed E-state index contributed by atoms with van der Waals surface area (Å²) >= 11 is 4.43. The molecule has 0 heterocycles.